The van der Waals surface area contributed by atoms with Crippen LogP contribution in [-0.4, -0.2) is 5.97 Å². The summed E-state index contributed by atoms with van der Waals surface area (Å²) in [5, 5.41) is 11.2. The van der Waals surface area contributed by atoms with Gasteiger partial charge in [0.25, 0.3) is 0 Å². The monoisotopic (exact) mass is 294 g/mol. The fourth-order valence-corrected chi connectivity index (χ4v) is 5.77. The molecular formula is C18H23NaO2. The average molecular weight is 294 g/mol. The topological polar surface area (TPSA) is 40.1 Å². The summed E-state index contributed by atoms with van der Waals surface area (Å²) in [7, 11) is 0. The van der Waals surface area contributed by atoms with E-state index in [2.05, 4.69) is 11.8 Å². The van der Waals surface area contributed by atoms with Crippen molar-refractivity contribution in [3.63, 3.8) is 0 Å². The van der Waals surface area contributed by atoms with E-state index in [0.29, 0.717) is 23.7 Å². The van der Waals surface area contributed by atoms with Gasteiger partial charge in [-0.3, -0.25) is 0 Å². The van der Waals surface area contributed by atoms with Crippen LogP contribution in [0.25, 0.3) is 0 Å². The number of fused-ring (bicyclic) bond motifs is 5. The van der Waals surface area contributed by atoms with E-state index >= 15 is 0 Å². The maximum atomic E-state index is 11.2. The van der Waals surface area contributed by atoms with Crippen LogP contribution in [0.15, 0.2) is 0 Å². The van der Waals surface area contributed by atoms with E-state index < -0.39 is 5.97 Å². The Kier molecular flexibility index (Phi) is 4.74. The number of aliphatic carboxylic acids is 1. The largest absolute Gasteiger partial charge is 1.00 e. The van der Waals surface area contributed by atoms with Gasteiger partial charge in [0.15, 0.2) is 0 Å². The summed E-state index contributed by atoms with van der Waals surface area (Å²) in [6, 6.07) is 0. The van der Waals surface area contributed by atoms with E-state index in [9.17, 15) is 9.90 Å². The summed E-state index contributed by atoms with van der Waals surface area (Å²) in [5.74, 6) is 9.86. The number of rotatable bonds is 1. The molecule has 3 saturated carbocycles. The molecule has 0 aromatic carbocycles. The molecule has 0 bridgehead atoms. The van der Waals surface area contributed by atoms with Crippen LogP contribution in [0.5, 0.6) is 0 Å². The molecule has 0 N–H and O–H groups in total. The van der Waals surface area contributed by atoms with Crippen molar-refractivity contribution < 1.29 is 39.5 Å². The summed E-state index contributed by atoms with van der Waals surface area (Å²) in [4.78, 5) is 11.2. The van der Waals surface area contributed by atoms with Crippen LogP contribution in [-0.2, 0) is 4.79 Å². The smallest absolute Gasteiger partial charge is 0.550 e. The van der Waals surface area contributed by atoms with E-state index in [4.69, 9.17) is 0 Å². The SMILES string of the molecule is O=C([O-])C1C[C@H]2[C@@H]3CCC4CCCC[C@@H]4[C@H]3C#C[C@@H]2C1.[Na+]. The van der Waals surface area contributed by atoms with Crippen LogP contribution in [0.2, 0.25) is 0 Å². The second kappa shape index (κ2) is 6.26. The molecule has 3 fully saturated rings. The number of carboxylic acids is 1. The van der Waals surface area contributed by atoms with Crippen LogP contribution in [0.1, 0.15) is 51.4 Å². The molecule has 4 rings (SSSR count). The molecule has 2 nitrogen and oxygen atoms in total. The van der Waals surface area contributed by atoms with Gasteiger partial charge in [0.1, 0.15) is 0 Å². The number of hydrogen-bond donors (Lipinski definition) is 0. The van der Waals surface area contributed by atoms with Crippen LogP contribution in [0.4, 0.5) is 0 Å². The van der Waals surface area contributed by atoms with Gasteiger partial charge in [0, 0.05) is 17.8 Å². The maximum Gasteiger partial charge on any atom is 1.00 e. The van der Waals surface area contributed by atoms with Gasteiger partial charge in [-0.1, -0.05) is 31.1 Å². The molecule has 4 aliphatic rings. The van der Waals surface area contributed by atoms with Crippen LogP contribution in [0.3, 0.4) is 0 Å². The minimum absolute atomic E-state index is 0. The Balaban J connectivity index is 0.00000132. The first-order valence-electron chi connectivity index (χ1n) is 8.46. The van der Waals surface area contributed by atoms with Gasteiger partial charge in [0.05, 0.1) is 0 Å². The molecule has 21 heavy (non-hydrogen) atoms. The third-order valence-corrected chi connectivity index (χ3v) is 6.69. The van der Waals surface area contributed by atoms with Crippen LogP contribution < -0.4 is 34.7 Å². The summed E-state index contributed by atoms with van der Waals surface area (Å²) in [6.45, 7) is 0. The zero-order valence-electron chi connectivity index (χ0n) is 13.0. The van der Waals surface area contributed by atoms with Crippen LogP contribution in [0, 0.1) is 53.3 Å². The van der Waals surface area contributed by atoms with E-state index in [0.717, 1.165) is 24.7 Å². The third-order valence-electron chi connectivity index (χ3n) is 6.69. The van der Waals surface area contributed by atoms with Gasteiger partial charge in [-0.15, -0.1) is 0 Å². The van der Waals surface area contributed by atoms with Crippen molar-refractivity contribution in [3.05, 3.63) is 0 Å². The number of carboxylic acid groups (broad SMARTS) is 1. The molecule has 0 aliphatic heterocycles. The molecule has 0 heterocycles. The Hall–Kier alpha value is 0.0300. The van der Waals surface area contributed by atoms with E-state index in [1.165, 1.54) is 38.5 Å². The quantitative estimate of drug-likeness (QED) is 0.471. The third kappa shape index (κ3) is 2.71. The van der Waals surface area contributed by atoms with Crippen molar-refractivity contribution in [2.75, 3.05) is 0 Å². The van der Waals surface area contributed by atoms with Crippen molar-refractivity contribution in [1.82, 2.24) is 0 Å². The second-order valence-corrected chi connectivity index (χ2v) is 7.52. The number of hydrogen-bond acceptors (Lipinski definition) is 2. The van der Waals surface area contributed by atoms with Gasteiger partial charge in [-0.05, 0) is 61.7 Å². The number of carbonyl (C=O) groups is 1. The predicted molar refractivity (Wildman–Crippen MR) is 74.1 cm³/mol. The fraction of sp³-hybridized carbons (Fsp3) is 0.833. The Morgan fingerprint density at radius 1 is 0.905 bits per heavy atom. The molecule has 0 saturated heterocycles. The molecule has 108 valence electrons. The standard InChI is InChI=1S/C18H24O2.Na/c19-18(20)13-9-12-6-8-15-14-4-2-1-3-11(14)5-7-16(15)17(12)10-13;/h11-17H,1-5,7,9-10H2,(H,19,20);/q;+1/p-1/t11?,12-,13?,14+,15-,16-,17-;/m1./s1. The van der Waals surface area contributed by atoms with Crippen molar-refractivity contribution in [3.8, 4) is 11.8 Å². The molecule has 4 aliphatic carbocycles. The van der Waals surface area contributed by atoms with Gasteiger partial charge in [-0.2, -0.15) is 0 Å². The fourth-order valence-electron chi connectivity index (χ4n) is 5.77. The Labute approximate surface area is 149 Å². The first-order chi connectivity index (χ1) is 9.74. The van der Waals surface area contributed by atoms with E-state index in [1.54, 1.807) is 0 Å². The Bertz CT molecular complexity index is 477. The summed E-state index contributed by atoms with van der Waals surface area (Å²) in [5.41, 5.74) is 0. The maximum absolute atomic E-state index is 11.2. The molecule has 7 atom stereocenters. The van der Waals surface area contributed by atoms with E-state index in [1.807, 2.05) is 0 Å². The molecule has 3 heteroatoms. The van der Waals surface area contributed by atoms with Crippen molar-refractivity contribution in [2.24, 2.45) is 41.4 Å². The van der Waals surface area contributed by atoms with Crippen molar-refractivity contribution in [2.45, 2.75) is 51.4 Å². The van der Waals surface area contributed by atoms with Crippen molar-refractivity contribution >= 4 is 5.97 Å². The zero-order chi connectivity index (χ0) is 13.7. The van der Waals surface area contributed by atoms with Crippen LogP contribution >= 0.6 is 0 Å². The first kappa shape index (κ1) is 15.9. The minimum Gasteiger partial charge on any atom is -0.550 e. The summed E-state index contributed by atoms with van der Waals surface area (Å²) in [6.07, 6.45) is 9.80. The molecule has 0 aromatic rings. The first-order valence-corrected chi connectivity index (χ1v) is 8.46. The zero-order valence-corrected chi connectivity index (χ0v) is 15.0. The average Bonchev–Trinajstić information content (AvgIpc) is 2.91. The Morgan fingerprint density at radius 3 is 2.52 bits per heavy atom. The minimum atomic E-state index is -0.843. The normalized spacial score (nSPS) is 47.0. The van der Waals surface area contributed by atoms with Gasteiger partial charge < -0.3 is 9.90 Å². The Morgan fingerprint density at radius 2 is 1.71 bits per heavy atom. The molecule has 2 unspecified atom stereocenters. The summed E-state index contributed by atoms with van der Waals surface area (Å²) < 4.78 is 0. The number of carbonyl (C=O) groups excluding carboxylic acids is 1. The van der Waals surface area contributed by atoms with Gasteiger partial charge >= 0.3 is 29.6 Å². The molecule has 0 radical (unpaired) electrons. The predicted octanol–water partition coefficient (Wildman–Crippen LogP) is -0.768. The van der Waals surface area contributed by atoms with Gasteiger partial charge in [0.2, 0.25) is 0 Å². The van der Waals surface area contributed by atoms with Gasteiger partial charge in [-0.25, -0.2) is 0 Å². The van der Waals surface area contributed by atoms with E-state index in [-0.39, 0.29) is 35.5 Å². The molecule has 0 amide bonds. The van der Waals surface area contributed by atoms with Crippen molar-refractivity contribution in [1.29, 1.82) is 0 Å². The molecular weight excluding hydrogens is 271 g/mol. The summed E-state index contributed by atoms with van der Waals surface area (Å²) >= 11 is 0. The molecule has 0 aromatic heterocycles. The molecule has 0 spiro atoms. The second-order valence-electron chi connectivity index (χ2n) is 7.52.